The van der Waals surface area contributed by atoms with E-state index in [2.05, 4.69) is 0 Å². The molecule has 0 radical (unpaired) electrons. The molecule has 4 nitrogen and oxygen atoms in total. The van der Waals surface area contributed by atoms with E-state index in [0.29, 0.717) is 6.42 Å². The van der Waals surface area contributed by atoms with E-state index in [-0.39, 0.29) is 29.8 Å². The van der Waals surface area contributed by atoms with Gasteiger partial charge in [-0.2, -0.15) is 0 Å². The summed E-state index contributed by atoms with van der Waals surface area (Å²) in [6, 6.07) is 0. The fourth-order valence-electron chi connectivity index (χ4n) is 2.95. The Morgan fingerprint density at radius 1 is 1.24 bits per heavy atom. The Morgan fingerprint density at radius 2 is 1.88 bits per heavy atom. The van der Waals surface area contributed by atoms with Gasteiger partial charge < -0.3 is 0 Å². The van der Waals surface area contributed by atoms with Crippen molar-refractivity contribution in [1.82, 2.24) is 0 Å². The van der Waals surface area contributed by atoms with Crippen LogP contribution in [0.2, 0.25) is 0 Å². The van der Waals surface area contributed by atoms with Gasteiger partial charge in [-0.05, 0) is 17.9 Å². The Kier molecular flexibility index (Phi) is 2.97. The number of allylic oxidation sites excluding steroid dienone is 2. The second kappa shape index (κ2) is 4.05. The minimum atomic E-state index is -3.37. The molecule has 94 valence electrons. The third kappa shape index (κ3) is 2.20. The highest BCUT2D eigenvalue weighted by Crippen LogP contribution is 2.39. The summed E-state index contributed by atoms with van der Waals surface area (Å²) in [5.41, 5.74) is 0. The average Bonchev–Trinajstić information content (AvgIpc) is 2.48. The van der Waals surface area contributed by atoms with Crippen molar-refractivity contribution in [1.29, 1.82) is 0 Å². The molecule has 0 aromatic carbocycles. The zero-order chi connectivity index (χ0) is 12.8. The van der Waals surface area contributed by atoms with Crippen molar-refractivity contribution in [2.45, 2.75) is 25.0 Å². The maximum atomic E-state index is 11.8. The molecule has 0 bridgehead atoms. The van der Waals surface area contributed by atoms with Crippen LogP contribution in [0, 0.1) is 17.8 Å². The van der Waals surface area contributed by atoms with Crippen molar-refractivity contribution >= 4 is 21.4 Å². The Labute approximate surface area is 101 Å². The number of rotatable bonds is 1. The standard InChI is InChI=1S/C12H16O4S/c1-7-5-8(13)6-11(17(2,15)16)12-9(7)3-4-10(12)14/h3-4,7,9,11-12H,5-6H2,1-2H3/t7?,9?,11-,12?/m1/s1. The van der Waals surface area contributed by atoms with Gasteiger partial charge >= 0.3 is 0 Å². The molecule has 0 heterocycles. The SMILES string of the molecule is CC1CC(=O)C[C@@H](S(C)(=O)=O)C2C(=O)C=CC12. The first-order chi connectivity index (χ1) is 7.80. The summed E-state index contributed by atoms with van der Waals surface area (Å²) in [7, 11) is -3.37. The van der Waals surface area contributed by atoms with Crippen molar-refractivity contribution in [2.24, 2.45) is 17.8 Å². The average molecular weight is 256 g/mol. The Bertz CT molecular complexity index is 489. The number of sulfone groups is 1. The van der Waals surface area contributed by atoms with Crippen molar-refractivity contribution in [3.8, 4) is 0 Å². The second-order valence-corrected chi connectivity index (χ2v) is 7.42. The van der Waals surface area contributed by atoms with Gasteiger partial charge in [0.25, 0.3) is 0 Å². The maximum Gasteiger partial charge on any atom is 0.160 e. The van der Waals surface area contributed by atoms with Crippen molar-refractivity contribution in [3.63, 3.8) is 0 Å². The predicted octanol–water partition coefficient (Wildman–Crippen LogP) is 0.770. The largest absolute Gasteiger partial charge is 0.300 e. The number of Topliss-reactive ketones (excluding diaryl/α,β-unsaturated/α-hetero) is 1. The Balaban J connectivity index is 2.45. The lowest BCUT2D eigenvalue weighted by Crippen LogP contribution is -2.36. The molecule has 5 heteroatoms. The van der Waals surface area contributed by atoms with Crippen LogP contribution in [0.4, 0.5) is 0 Å². The number of fused-ring (bicyclic) bond motifs is 1. The van der Waals surface area contributed by atoms with Crippen LogP contribution in [0.3, 0.4) is 0 Å². The molecule has 0 aromatic rings. The molecule has 4 atom stereocenters. The first-order valence-electron chi connectivity index (χ1n) is 5.73. The van der Waals surface area contributed by atoms with E-state index >= 15 is 0 Å². The molecular formula is C12H16O4S. The van der Waals surface area contributed by atoms with Gasteiger partial charge in [0.2, 0.25) is 0 Å². The molecular weight excluding hydrogens is 240 g/mol. The molecule has 0 spiro atoms. The zero-order valence-corrected chi connectivity index (χ0v) is 10.7. The topological polar surface area (TPSA) is 68.3 Å². The summed E-state index contributed by atoms with van der Waals surface area (Å²) >= 11 is 0. The van der Waals surface area contributed by atoms with Crippen LogP contribution in [0.1, 0.15) is 19.8 Å². The Morgan fingerprint density at radius 3 is 2.47 bits per heavy atom. The first-order valence-corrected chi connectivity index (χ1v) is 7.69. The maximum absolute atomic E-state index is 11.8. The molecule has 2 aliphatic carbocycles. The summed E-state index contributed by atoms with van der Waals surface area (Å²) in [5, 5.41) is -0.840. The fraction of sp³-hybridized carbons (Fsp3) is 0.667. The van der Waals surface area contributed by atoms with Gasteiger partial charge in [-0.3, -0.25) is 9.59 Å². The monoisotopic (exact) mass is 256 g/mol. The van der Waals surface area contributed by atoms with Crippen LogP contribution in [0.25, 0.3) is 0 Å². The van der Waals surface area contributed by atoms with Crippen molar-refractivity contribution < 1.29 is 18.0 Å². The number of ketones is 2. The minimum Gasteiger partial charge on any atom is -0.300 e. The lowest BCUT2D eigenvalue weighted by molar-refractivity contribution is -0.119. The molecule has 2 aliphatic rings. The van der Waals surface area contributed by atoms with E-state index in [1.54, 1.807) is 6.08 Å². The Hall–Kier alpha value is -0.970. The summed E-state index contributed by atoms with van der Waals surface area (Å²) in [6.07, 6.45) is 4.71. The van der Waals surface area contributed by atoms with E-state index < -0.39 is 21.0 Å². The van der Waals surface area contributed by atoms with E-state index in [0.717, 1.165) is 6.26 Å². The van der Waals surface area contributed by atoms with E-state index in [1.807, 2.05) is 6.92 Å². The quantitative estimate of drug-likeness (QED) is 0.695. The van der Waals surface area contributed by atoms with Gasteiger partial charge in [0.1, 0.15) is 5.78 Å². The summed E-state index contributed by atoms with van der Waals surface area (Å²) in [5.74, 6) is -0.808. The van der Waals surface area contributed by atoms with E-state index in [4.69, 9.17) is 0 Å². The molecule has 2 rings (SSSR count). The van der Waals surface area contributed by atoms with Crippen LogP contribution in [-0.2, 0) is 19.4 Å². The third-order valence-electron chi connectivity index (χ3n) is 3.81. The van der Waals surface area contributed by atoms with Crippen molar-refractivity contribution in [3.05, 3.63) is 12.2 Å². The number of carbonyl (C=O) groups is 2. The molecule has 0 N–H and O–H groups in total. The molecule has 17 heavy (non-hydrogen) atoms. The normalized spacial score (nSPS) is 38.0. The smallest absolute Gasteiger partial charge is 0.160 e. The molecule has 1 fully saturated rings. The van der Waals surface area contributed by atoms with Crippen LogP contribution in [0.15, 0.2) is 12.2 Å². The van der Waals surface area contributed by atoms with Gasteiger partial charge in [-0.15, -0.1) is 0 Å². The highest BCUT2D eigenvalue weighted by molar-refractivity contribution is 7.91. The van der Waals surface area contributed by atoms with E-state index in [1.165, 1.54) is 6.08 Å². The molecule has 0 amide bonds. The summed E-state index contributed by atoms with van der Waals surface area (Å²) in [6.45, 7) is 1.91. The zero-order valence-electron chi connectivity index (χ0n) is 9.92. The van der Waals surface area contributed by atoms with E-state index in [9.17, 15) is 18.0 Å². The van der Waals surface area contributed by atoms with Gasteiger partial charge in [0, 0.05) is 25.0 Å². The lowest BCUT2D eigenvalue weighted by atomic mass is 9.83. The van der Waals surface area contributed by atoms with Crippen LogP contribution in [0.5, 0.6) is 0 Å². The molecule has 0 saturated heterocycles. The van der Waals surface area contributed by atoms with Crippen molar-refractivity contribution in [2.75, 3.05) is 6.26 Å². The molecule has 1 saturated carbocycles. The first kappa shape index (κ1) is 12.5. The van der Waals surface area contributed by atoms with Gasteiger partial charge in [-0.25, -0.2) is 8.42 Å². The molecule has 0 aliphatic heterocycles. The number of hydrogen-bond acceptors (Lipinski definition) is 4. The lowest BCUT2D eigenvalue weighted by Gasteiger charge is -2.25. The highest BCUT2D eigenvalue weighted by atomic mass is 32.2. The van der Waals surface area contributed by atoms with Gasteiger partial charge in [0.15, 0.2) is 15.6 Å². The predicted molar refractivity (Wildman–Crippen MR) is 63.2 cm³/mol. The van der Waals surface area contributed by atoms with Gasteiger partial charge in [-0.1, -0.05) is 13.0 Å². The molecule has 0 aromatic heterocycles. The second-order valence-electron chi connectivity index (χ2n) is 5.16. The summed E-state index contributed by atoms with van der Waals surface area (Å²) < 4.78 is 23.5. The highest BCUT2D eigenvalue weighted by Gasteiger charge is 2.46. The minimum absolute atomic E-state index is 0.0161. The third-order valence-corrected chi connectivity index (χ3v) is 5.37. The fourth-order valence-corrected chi connectivity index (χ4v) is 4.29. The molecule has 3 unspecified atom stereocenters. The number of hydrogen-bond donors (Lipinski definition) is 0. The number of carbonyl (C=O) groups excluding carboxylic acids is 2. The van der Waals surface area contributed by atoms with Crippen LogP contribution in [-0.4, -0.2) is 31.5 Å². The van der Waals surface area contributed by atoms with Crippen LogP contribution < -0.4 is 0 Å². The summed E-state index contributed by atoms with van der Waals surface area (Å²) in [4.78, 5) is 23.5. The van der Waals surface area contributed by atoms with Crippen LogP contribution >= 0.6 is 0 Å². The van der Waals surface area contributed by atoms with Gasteiger partial charge in [0.05, 0.1) is 5.25 Å².